The zero-order valence-corrected chi connectivity index (χ0v) is 14.8. The Bertz CT molecular complexity index is 532. The van der Waals surface area contributed by atoms with Gasteiger partial charge in [0.1, 0.15) is 0 Å². The number of halogens is 1. The zero-order valence-electron chi connectivity index (χ0n) is 14.0. The van der Waals surface area contributed by atoms with Crippen molar-refractivity contribution in [3.05, 3.63) is 28.8 Å². The number of rotatable bonds is 4. The molecule has 4 nitrogen and oxygen atoms in total. The van der Waals surface area contributed by atoms with Crippen LogP contribution in [0.3, 0.4) is 0 Å². The number of aliphatic hydroxyl groups is 1. The van der Waals surface area contributed by atoms with Gasteiger partial charge in [-0.2, -0.15) is 0 Å². The molecular weight excluding hydrogens is 312 g/mol. The molecule has 0 saturated carbocycles. The lowest BCUT2D eigenvalue weighted by atomic mass is 10.0. The summed E-state index contributed by atoms with van der Waals surface area (Å²) in [4.78, 5) is 4.82. The summed E-state index contributed by atoms with van der Waals surface area (Å²) < 4.78 is 5.63. The van der Waals surface area contributed by atoms with Gasteiger partial charge in [0.15, 0.2) is 0 Å². The first-order valence-corrected chi connectivity index (χ1v) is 9.01. The first kappa shape index (κ1) is 17.0. The Morgan fingerprint density at radius 2 is 2.00 bits per heavy atom. The Labute approximate surface area is 144 Å². The van der Waals surface area contributed by atoms with Crippen molar-refractivity contribution in [1.29, 1.82) is 0 Å². The van der Waals surface area contributed by atoms with Crippen LogP contribution in [-0.4, -0.2) is 61.0 Å². The third kappa shape index (κ3) is 3.82. The van der Waals surface area contributed by atoms with Crippen LogP contribution in [-0.2, 0) is 4.74 Å². The summed E-state index contributed by atoms with van der Waals surface area (Å²) in [6.07, 6.45) is 1.88. The van der Waals surface area contributed by atoms with Crippen molar-refractivity contribution >= 4 is 17.3 Å². The first-order chi connectivity index (χ1) is 11.1. The molecular formula is C18H27ClN2O2. The highest BCUT2D eigenvalue weighted by Crippen LogP contribution is 2.28. The molecule has 1 aromatic carbocycles. The fraction of sp³-hybridized carbons (Fsp3) is 0.667. The molecule has 0 unspecified atom stereocenters. The monoisotopic (exact) mass is 338 g/mol. The number of aliphatic hydroxyl groups excluding tert-OH is 1. The fourth-order valence-electron chi connectivity index (χ4n) is 3.73. The van der Waals surface area contributed by atoms with E-state index in [0.717, 1.165) is 49.6 Å². The van der Waals surface area contributed by atoms with E-state index in [9.17, 15) is 5.11 Å². The van der Waals surface area contributed by atoms with E-state index in [2.05, 4.69) is 28.0 Å². The molecule has 2 atom stereocenters. The highest BCUT2D eigenvalue weighted by molar-refractivity contribution is 6.31. The predicted octanol–water partition coefficient (Wildman–Crippen LogP) is 2.70. The number of benzene rings is 1. The number of likely N-dealkylation sites (tertiary alicyclic amines) is 1. The third-order valence-corrected chi connectivity index (χ3v) is 5.55. The molecule has 1 aromatic rings. The van der Waals surface area contributed by atoms with E-state index >= 15 is 0 Å². The molecule has 2 heterocycles. The topological polar surface area (TPSA) is 35.9 Å². The second-order valence-corrected chi connectivity index (χ2v) is 7.07. The molecule has 0 spiro atoms. The molecule has 23 heavy (non-hydrogen) atoms. The van der Waals surface area contributed by atoms with Gasteiger partial charge in [0, 0.05) is 49.5 Å². The van der Waals surface area contributed by atoms with E-state index in [1.807, 2.05) is 13.8 Å². The van der Waals surface area contributed by atoms with Gasteiger partial charge in [-0.05, 0) is 44.4 Å². The predicted molar refractivity (Wildman–Crippen MR) is 94.4 cm³/mol. The van der Waals surface area contributed by atoms with Gasteiger partial charge in [-0.25, -0.2) is 0 Å². The van der Waals surface area contributed by atoms with E-state index in [0.29, 0.717) is 12.6 Å². The van der Waals surface area contributed by atoms with E-state index in [1.165, 1.54) is 5.69 Å². The number of ether oxygens (including phenoxy) is 1. The summed E-state index contributed by atoms with van der Waals surface area (Å²) in [6, 6.07) is 6.87. The van der Waals surface area contributed by atoms with Crippen molar-refractivity contribution in [2.45, 2.75) is 44.9 Å². The van der Waals surface area contributed by atoms with Gasteiger partial charge >= 0.3 is 0 Å². The SMILES string of the molecule is CCO[C@H]1CN(C2CCN(c3ccc(C)c(Cl)c3)CC2)C[C@@H]1O. The molecule has 0 aromatic heterocycles. The van der Waals surface area contributed by atoms with Crippen LogP contribution >= 0.6 is 11.6 Å². The number of hydrogen-bond acceptors (Lipinski definition) is 4. The number of anilines is 1. The Hall–Kier alpha value is -0.810. The molecule has 2 saturated heterocycles. The average molecular weight is 339 g/mol. The number of piperidine rings is 1. The minimum absolute atomic E-state index is 0.0195. The van der Waals surface area contributed by atoms with Gasteiger partial charge in [-0.1, -0.05) is 17.7 Å². The average Bonchev–Trinajstić information content (AvgIpc) is 2.92. The highest BCUT2D eigenvalue weighted by Gasteiger charge is 2.36. The van der Waals surface area contributed by atoms with Crippen LogP contribution in [0.4, 0.5) is 5.69 Å². The summed E-state index contributed by atoms with van der Waals surface area (Å²) in [5.74, 6) is 0. The molecule has 0 aliphatic carbocycles. The summed E-state index contributed by atoms with van der Waals surface area (Å²) in [5.41, 5.74) is 2.34. The Morgan fingerprint density at radius 3 is 2.65 bits per heavy atom. The van der Waals surface area contributed by atoms with E-state index < -0.39 is 0 Å². The molecule has 3 rings (SSSR count). The van der Waals surface area contributed by atoms with Crippen LogP contribution in [0.2, 0.25) is 5.02 Å². The smallest absolute Gasteiger partial charge is 0.0972 e. The standard InChI is InChI=1S/C18H27ClN2O2/c1-3-23-18-12-21(11-17(18)22)14-6-8-20(9-7-14)15-5-4-13(2)16(19)10-15/h4-5,10,14,17-18,22H,3,6-9,11-12H2,1-2H3/t17-,18-/m0/s1. The summed E-state index contributed by atoms with van der Waals surface area (Å²) >= 11 is 6.25. The second-order valence-electron chi connectivity index (χ2n) is 6.67. The molecule has 2 fully saturated rings. The van der Waals surface area contributed by atoms with Crippen LogP contribution in [0.25, 0.3) is 0 Å². The normalized spacial score (nSPS) is 26.9. The number of nitrogens with zero attached hydrogens (tertiary/aromatic N) is 2. The van der Waals surface area contributed by atoms with Crippen molar-refractivity contribution in [2.24, 2.45) is 0 Å². The minimum atomic E-state index is -0.344. The second kappa shape index (κ2) is 7.39. The van der Waals surface area contributed by atoms with E-state index in [-0.39, 0.29) is 12.2 Å². The lowest BCUT2D eigenvalue weighted by Crippen LogP contribution is -2.44. The number of hydrogen-bond donors (Lipinski definition) is 1. The van der Waals surface area contributed by atoms with E-state index in [4.69, 9.17) is 16.3 Å². The maximum absolute atomic E-state index is 10.1. The van der Waals surface area contributed by atoms with Crippen molar-refractivity contribution in [3.63, 3.8) is 0 Å². The molecule has 0 radical (unpaired) electrons. The van der Waals surface area contributed by atoms with Gasteiger partial charge in [0.2, 0.25) is 0 Å². The highest BCUT2D eigenvalue weighted by atomic mass is 35.5. The zero-order chi connectivity index (χ0) is 16.4. The van der Waals surface area contributed by atoms with Crippen LogP contribution in [0, 0.1) is 6.92 Å². The van der Waals surface area contributed by atoms with Gasteiger partial charge < -0.3 is 14.7 Å². The maximum Gasteiger partial charge on any atom is 0.0972 e. The number of β-amino-alcohol motifs (C(OH)–C–C–N with tert-alkyl or cyclic N) is 1. The molecule has 2 aliphatic heterocycles. The Balaban J connectivity index is 1.55. The lowest BCUT2D eigenvalue weighted by molar-refractivity contribution is -0.00267. The van der Waals surface area contributed by atoms with Crippen molar-refractivity contribution in [3.8, 4) is 0 Å². The Kier molecular flexibility index (Phi) is 5.47. The molecule has 2 aliphatic rings. The Morgan fingerprint density at radius 1 is 1.26 bits per heavy atom. The lowest BCUT2D eigenvalue weighted by Gasteiger charge is -2.38. The van der Waals surface area contributed by atoms with Gasteiger partial charge in [0.25, 0.3) is 0 Å². The fourth-order valence-corrected chi connectivity index (χ4v) is 3.90. The van der Waals surface area contributed by atoms with Crippen LogP contribution in [0.1, 0.15) is 25.3 Å². The number of aryl methyl sites for hydroxylation is 1. The van der Waals surface area contributed by atoms with Gasteiger partial charge in [-0.15, -0.1) is 0 Å². The van der Waals surface area contributed by atoms with Crippen molar-refractivity contribution in [1.82, 2.24) is 4.90 Å². The van der Waals surface area contributed by atoms with Crippen molar-refractivity contribution in [2.75, 3.05) is 37.7 Å². The summed E-state index contributed by atoms with van der Waals surface area (Å²) in [5, 5.41) is 11.0. The quantitative estimate of drug-likeness (QED) is 0.915. The summed E-state index contributed by atoms with van der Waals surface area (Å²) in [6.45, 7) is 8.36. The third-order valence-electron chi connectivity index (χ3n) is 5.15. The largest absolute Gasteiger partial charge is 0.389 e. The van der Waals surface area contributed by atoms with Gasteiger partial charge in [0.05, 0.1) is 12.2 Å². The molecule has 5 heteroatoms. The maximum atomic E-state index is 10.1. The molecule has 0 bridgehead atoms. The van der Waals surface area contributed by atoms with Crippen LogP contribution < -0.4 is 4.90 Å². The molecule has 1 N–H and O–H groups in total. The molecule has 0 amide bonds. The van der Waals surface area contributed by atoms with Crippen LogP contribution in [0.15, 0.2) is 18.2 Å². The first-order valence-electron chi connectivity index (χ1n) is 8.63. The van der Waals surface area contributed by atoms with Crippen molar-refractivity contribution < 1.29 is 9.84 Å². The minimum Gasteiger partial charge on any atom is -0.389 e. The van der Waals surface area contributed by atoms with Crippen LogP contribution in [0.5, 0.6) is 0 Å². The summed E-state index contributed by atoms with van der Waals surface area (Å²) in [7, 11) is 0. The molecule has 128 valence electrons. The van der Waals surface area contributed by atoms with Gasteiger partial charge in [-0.3, -0.25) is 4.90 Å². The van der Waals surface area contributed by atoms with E-state index in [1.54, 1.807) is 0 Å².